The topological polar surface area (TPSA) is 25.2 Å². The van der Waals surface area contributed by atoms with Crippen molar-refractivity contribution in [1.29, 1.82) is 0 Å². The summed E-state index contributed by atoms with van der Waals surface area (Å²) >= 11 is 0. The van der Waals surface area contributed by atoms with Crippen LogP contribution in [0.15, 0.2) is 41.0 Å². The van der Waals surface area contributed by atoms with Gasteiger partial charge in [-0.25, -0.2) is 0 Å². The highest BCUT2D eigenvalue weighted by molar-refractivity contribution is 5.40. The second-order valence-corrected chi connectivity index (χ2v) is 5.60. The molecule has 0 bridgehead atoms. The van der Waals surface area contributed by atoms with Gasteiger partial charge in [0.25, 0.3) is 0 Å². The Morgan fingerprint density at radius 3 is 2.85 bits per heavy atom. The van der Waals surface area contributed by atoms with E-state index >= 15 is 0 Å². The second-order valence-electron chi connectivity index (χ2n) is 5.60. The highest BCUT2D eigenvalue weighted by Gasteiger charge is 2.29. The largest absolute Gasteiger partial charge is 0.469 e. The summed E-state index contributed by atoms with van der Waals surface area (Å²) in [7, 11) is 0. The molecule has 2 heteroatoms. The number of hydrogen-bond donors (Lipinski definition) is 1. The molecule has 1 aliphatic carbocycles. The molecule has 20 heavy (non-hydrogen) atoms. The zero-order valence-electron chi connectivity index (χ0n) is 12.4. The van der Waals surface area contributed by atoms with Crippen LogP contribution in [-0.4, -0.2) is 6.54 Å². The molecular weight excluding hydrogens is 246 g/mol. The van der Waals surface area contributed by atoms with Gasteiger partial charge in [-0.1, -0.05) is 38.1 Å². The Labute approximate surface area is 121 Å². The molecule has 0 aliphatic heterocycles. The first-order valence-electron chi connectivity index (χ1n) is 7.70. The number of nitrogens with one attached hydrogen (secondary N) is 1. The smallest absolute Gasteiger partial charge is 0.108 e. The van der Waals surface area contributed by atoms with Crippen LogP contribution in [-0.2, 0) is 12.8 Å². The third-order valence-electron chi connectivity index (χ3n) is 4.41. The number of benzene rings is 1. The molecule has 1 heterocycles. The van der Waals surface area contributed by atoms with E-state index in [1.54, 1.807) is 0 Å². The van der Waals surface area contributed by atoms with Crippen molar-refractivity contribution in [3.63, 3.8) is 0 Å². The number of furan rings is 1. The van der Waals surface area contributed by atoms with Gasteiger partial charge in [-0.2, -0.15) is 0 Å². The predicted molar refractivity (Wildman–Crippen MR) is 82.0 cm³/mol. The molecule has 3 rings (SSSR count). The minimum Gasteiger partial charge on any atom is -0.469 e. The lowest BCUT2D eigenvalue weighted by atomic mass is 9.73. The highest BCUT2D eigenvalue weighted by Crippen LogP contribution is 2.41. The summed E-state index contributed by atoms with van der Waals surface area (Å²) in [5.41, 5.74) is 4.41. The van der Waals surface area contributed by atoms with Crippen molar-refractivity contribution in [3.8, 4) is 0 Å². The van der Waals surface area contributed by atoms with Gasteiger partial charge in [0.1, 0.15) is 5.76 Å². The first-order valence-corrected chi connectivity index (χ1v) is 7.70. The molecule has 2 aromatic rings. The maximum absolute atomic E-state index is 5.60. The normalized spacial score (nSPS) is 18.4. The predicted octanol–water partition coefficient (Wildman–Crippen LogP) is 4.22. The van der Waals surface area contributed by atoms with Gasteiger partial charge in [-0.3, -0.25) is 0 Å². The van der Waals surface area contributed by atoms with E-state index in [2.05, 4.69) is 49.5 Å². The molecular formula is C18H23NO. The van der Waals surface area contributed by atoms with E-state index in [-0.39, 0.29) is 0 Å². The van der Waals surface area contributed by atoms with Crippen molar-refractivity contribution in [1.82, 2.24) is 5.32 Å². The summed E-state index contributed by atoms with van der Waals surface area (Å²) in [5, 5.41) is 3.63. The fraction of sp³-hybridized carbons (Fsp3) is 0.444. The molecule has 0 saturated heterocycles. The van der Waals surface area contributed by atoms with Crippen LogP contribution in [0.4, 0.5) is 0 Å². The minimum absolute atomic E-state index is 0.409. The second kappa shape index (κ2) is 5.84. The standard InChI is InChI=1S/C18H23NO/c1-3-18-16(9-10-20-18)17(19-4-2)12-14-11-13-7-5-6-8-15(13)14/h5-10,14,17,19H,3-4,11-12H2,1-2H3. The van der Waals surface area contributed by atoms with E-state index in [9.17, 15) is 0 Å². The first-order chi connectivity index (χ1) is 9.83. The van der Waals surface area contributed by atoms with Gasteiger partial charge in [0, 0.05) is 18.0 Å². The van der Waals surface area contributed by atoms with Gasteiger partial charge in [-0.15, -0.1) is 0 Å². The van der Waals surface area contributed by atoms with Crippen LogP contribution in [0.2, 0.25) is 0 Å². The van der Waals surface area contributed by atoms with Crippen molar-refractivity contribution in [2.24, 2.45) is 0 Å². The third-order valence-corrected chi connectivity index (χ3v) is 4.41. The molecule has 0 amide bonds. The van der Waals surface area contributed by atoms with E-state index in [4.69, 9.17) is 4.42 Å². The van der Waals surface area contributed by atoms with Gasteiger partial charge in [0.2, 0.25) is 0 Å². The summed E-state index contributed by atoms with van der Waals surface area (Å²) in [6, 6.07) is 11.4. The zero-order valence-corrected chi connectivity index (χ0v) is 12.4. The fourth-order valence-corrected chi connectivity index (χ4v) is 3.37. The Hall–Kier alpha value is -1.54. The van der Waals surface area contributed by atoms with Gasteiger partial charge in [0.15, 0.2) is 0 Å². The first kappa shape index (κ1) is 13.4. The summed E-state index contributed by atoms with van der Waals surface area (Å²) in [6.07, 6.45) is 5.17. The van der Waals surface area contributed by atoms with Crippen molar-refractivity contribution in [3.05, 3.63) is 59.0 Å². The SMILES string of the molecule is CCNC(CC1Cc2ccccc21)c1ccoc1CC. The van der Waals surface area contributed by atoms with Crippen LogP contribution in [0.3, 0.4) is 0 Å². The van der Waals surface area contributed by atoms with Crippen molar-refractivity contribution in [2.75, 3.05) is 6.54 Å². The van der Waals surface area contributed by atoms with E-state index < -0.39 is 0 Å². The summed E-state index contributed by atoms with van der Waals surface area (Å²) in [5.74, 6) is 1.82. The Bertz CT molecular complexity index is 572. The lowest BCUT2D eigenvalue weighted by Crippen LogP contribution is -2.27. The summed E-state index contributed by atoms with van der Waals surface area (Å²) in [4.78, 5) is 0. The quantitative estimate of drug-likeness (QED) is 0.849. The molecule has 0 fully saturated rings. The monoisotopic (exact) mass is 269 g/mol. The molecule has 1 N–H and O–H groups in total. The number of aryl methyl sites for hydroxylation is 1. The fourth-order valence-electron chi connectivity index (χ4n) is 3.37. The Morgan fingerprint density at radius 2 is 2.10 bits per heavy atom. The average molecular weight is 269 g/mol. The van der Waals surface area contributed by atoms with Gasteiger partial charge in [0.05, 0.1) is 6.26 Å². The van der Waals surface area contributed by atoms with E-state index in [1.807, 2.05) is 6.26 Å². The Kier molecular flexibility index (Phi) is 3.93. The Balaban J connectivity index is 1.76. The number of fused-ring (bicyclic) bond motifs is 1. The van der Waals surface area contributed by atoms with Crippen LogP contribution in [0.1, 0.15) is 54.7 Å². The number of rotatable bonds is 6. The molecule has 2 unspecified atom stereocenters. The molecule has 1 aromatic carbocycles. The zero-order chi connectivity index (χ0) is 13.9. The van der Waals surface area contributed by atoms with Crippen LogP contribution in [0.25, 0.3) is 0 Å². The maximum atomic E-state index is 5.60. The van der Waals surface area contributed by atoms with Crippen LogP contribution < -0.4 is 5.32 Å². The molecule has 0 spiro atoms. The van der Waals surface area contributed by atoms with E-state index in [1.165, 1.54) is 23.1 Å². The van der Waals surface area contributed by atoms with Crippen LogP contribution >= 0.6 is 0 Å². The molecule has 2 nitrogen and oxygen atoms in total. The average Bonchev–Trinajstić information content (AvgIpc) is 2.92. The molecule has 2 atom stereocenters. The van der Waals surface area contributed by atoms with Gasteiger partial charge in [-0.05, 0) is 42.5 Å². The van der Waals surface area contributed by atoms with Crippen molar-refractivity contribution >= 4 is 0 Å². The molecule has 1 aliphatic rings. The molecule has 1 aromatic heterocycles. The minimum atomic E-state index is 0.409. The summed E-state index contributed by atoms with van der Waals surface area (Å²) in [6.45, 7) is 5.32. The van der Waals surface area contributed by atoms with E-state index in [0.717, 1.165) is 25.1 Å². The van der Waals surface area contributed by atoms with E-state index in [0.29, 0.717) is 12.0 Å². The molecule has 0 radical (unpaired) electrons. The molecule has 106 valence electrons. The van der Waals surface area contributed by atoms with Gasteiger partial charge < -0.3 is 9.73 Å². The third kappa shape index (κ3) is 2.40. The lowest BCUT2D eigenvalue weighted by molar-refractivity contribution is 0.424. The highest BCUT2D eigenvalue weighted by atomic mass is 16.3. The maximum Gasteiger partial charge on any atom is 0.108 e. The van der Waals surface area contributed by atoms with Crippen molar-refractivity contribution < 1.29 is 4.42 Å². The molecule has 0 saturated carbocycles. The summed E-state index contributed by atoms with van der Waals surface area (Å²) < 4.78 is 5.60. The van der Waals surface area contributed by atoms with Gasteiger partial charge >= 0.3 is 0 Å². The van der Waals surface area contributed by atoms with Crippen molar-refractivity contribution in [2.45, 2.75) is 45.1 Å². The van der Waals surface area contributed by atoms with Crippen LogP contribution in [0, 0.1) is 0 Å². The van der Waals surface area contributed by atoms with Crippen LogP contribution in [0.5, 0.6) is 0 Å². The lowest BCUT2D eigenvalue weighted by Gasteiger charge is -2.33. The number of hydrogen-bond acceptors (Lipinski definition) is 2. The Morgan fingerprint density at radius 1 is 1.25 bits per heavy atom.